The molecule has 0 bridgehead atoms. The predicted octanol–water partition coefficient (Wildman–Crippen LogP) is 5.54. The second kappa shape index (κ2) is 13.5. The third-order valence-corrected chi connectivity index (χ3v) is 8.07. The smallest absolute Gasteiger partial charge is 0.244 e. The molecule has 1 N–H and O–H groups in total. The summed E-state index contributed by atoms with van der Waals surface area (Å²) >= 11 is 12.6. The van der Waals surface area contributed by atoms with Crippen LogP contribution in [0.25, 0.3) is 0 Å². The molecule has 1 atom stereocenters. The molecule has 7 nitrogen and oxygen atoms in total. The van der Waals surface area contributed by atoms with E-state index in [1.807, 2.05) is 57.2 Å². The molecule has 0 aliphatic heterocycles. The number of hydrogen-bond acceptors (Lipinski definition) is 4. The summed E-state index contributed by atoms with van der Waals surface area (Å²) in [5, 5.41) is 3.69. The van der Waals surface area contributed by atoms with Crippen LogP contribution >= 0.6 is 23.2 Å². The highest BCUT2D eigenvalue weighted by atomic mass is 35.5. The van der Waals surface area contributed by atoms with Crippen molar-refractivity contribution in [3.63, 3.8) is 0 Å². The fourth-order valence-electron chi connectivity index (χ4n) is 4.45. The maximum atomic E-state index is 14.1. The van der Waals surface area contributed by atoms with E-state index in [0.717, 1.165) is 21.7 Å². The molecule has 0 aliphatic carbocycles. The number of benzene rings is 3. The Bertz CT molecular complexity index is 1460. The van der Waals surface area contributed by atoms with E-state index >= 15 is 0 Å². The SMILES string of the molecule is Cc1ccc(N(CC(=O)N(Cc2ccc(Cl)cc2Cl)[C@@H](Cc2ccccc2)C(=O)NC(C)C)S(C)(=O)=O)c(C)c1. The van der Waals surface area contributed by atoms with Crippen LogP contribution in [0.1, 0.15) is 36.1 Å². The largest absolute Gasteiger partial charge is 0.352 e. The standard InChI is InChI=1S/C30H35Cl2N3O4S/c1-20(2)33-30(37)28(16-23-9-7-6-8-10-23)34(18-24-12-13-25(31)17-26(24)32)29(36)19-35(40(5,38)39)27-14-11-21(3)15-22(27)4/h6-15,17,20,28H,16,18-19H2,1-5H3,(H,33,37)/t28-/m0/s1. The van der Waals surface area contributed by atoms with Crippen LogP contribution in [-0.4, -0.2) is 50.0 Å². The molecule has 0 saturated heterocycles. The quantitative estimate of drug-likeness (QED) is 0.312. The molecule has 0 spiro atoms. The molecular formula is C30H35Cl2N3O4S. The van der Waals surface area contributed by atoms with Gasteiger partial charge in [-0.25, -0.2) is 8.42 Å². The molecule has 0 heterocycles. The van der Waals surface area contributed by atoms with E-state index in [1.54, 1.807) is 37.3 Å². The van der Waals surface area contributed by atoms with Crippen molar-refractivity contribution in [2.75, 3.05) is 17.1 Å². The number of rotatable bonds is 11. The first-order chi connectivity index (χ1) is 18.8. The summed E-state index contributed by atoms with van der Waals surface area (Å²) in [4.78, 5) is 29.1. The van der Waals surface area contributed by atoms with Gasteiger partial charge in [0.2, 0.25) is 21.8 Å². The van der Waals surface area contributed by atoms with Crippen LogP contribution in [0.15, 0.2) is 66.7 Å². The Morgan fingerprint density at radius 1 is 0.950 bits per heavy atom. The number of nitrogens with zero attached hydrogens (tertiary/aromatic N) is 2. The fourth-order valence-corrected chi connectivity index (χ4v) is 5.82. The zero-order chi connectivity index (χ0) is 29.6. The Labute approximate surface area is 247 Å². The van der Waals surface area contributed by atoms with Crippen LogP contribution in [0.5, 0.6) is 0 Å². The van der Waals surface area contributed by atoms with Crippen molar-refractivity contribution in [2.45, 2.75) is 52.7 Å². The molecule has 0 aromatic heterocycles. The number of amides is 2. The van der Waals surface area contributed by atoms with Gasteiger partial charge in [-0.05, 0) is 62.6 Å². The molecule has 3 rings (SSSR count). The van der Waals surface area contributed by atoms with Gasteiger partial charge in [0.05, 0.1) is 11.9 Å². The molecule has 0 fully saturated rings. The molecule has 40 heavy (non-hydrogen) atoms. The number of nitrogens with one attached hydrogen (secondary N) is 1. The zero-order valence-electron chi connectivity index (χ0n) is 23.3. The van der Waals surface area contributed by atoms with Gasteiger partial charge in [0, 0.05) is 29.1 Å². The Kier molecular flexibility index (Phi) is 10.6. The van der Waals surface area contributed by atoms with Gasteiger partial charge >= 0.3 is 0 Å². The summed E-state index contributed by atoms with van der Waals surface area (Å²) in [5.74, 6) is -0.897. The van der Waals surface area contributed by atoms with Crippen LogP contribution in [0.2, 0.25) is 10.0 Å². The Morgan fingerprint density at radius 2 is 1.62 bits per heavy atom. The maximum Gasteiger partial charge on any atom is 0.244 e. The number of sulfonamides is 1. The molecule has 2 amide bonds. The lowest BCUT2D eigenvalue weighted by atomic mass is 10.0. The van der Waals surface area contributed by atoms with Crippen molar-refractivity contribution in [3.05, 3.63) is 99.0 Å². The summed E-state index contributed by atoms with van der Waals surface area (Å²) < 4.78 is 27.0. The third kappa shape index (κ3) is 8.46. The lowest BCUT2D eigenvalue weighted by molar-refractivity contribution is -0.140. The maximum absolute atomic E-state index is 14.1. The predicted molar refractivity (Wildman–Crippen MR) is 162 cm³/mol. The van der Waals surface area contributed by atoms with Gasteiger partial charge in [0.15, 0.2) is 0 Å². The van der Waals surface area contributed by atoms with Crippen molar-refractivity contribution in [2.24, 2.45) is 0 Å². The van der Waals surface area contributed by atoms with Crippen LogP contribution in [0.4, 0.5) is 5.69 Å². The van der Waals surface area contributed by atoms with E-state index < -0.39 is 28.5 Å². The summed E-state index contributed by atoms with van der Waals surface area (Å²) in [6.07, 6.45) is 1.28. The van der Waals surface area contributed by atoms with Crippen molar-refractivity contribution in [3.8, 4) is 0 Å². The number of carbonyl (C=O) groups excluding carboxylic acids is 2. The number of carbonyl (C=O) groups is 2. The molecule has 0 saturated carbocycles. The first kappa shape index (κ1) is 31.5. The van der Waals surface area contributed by atoms with Gasteiger partial charge in [0.1, 0.15) is 12.6 Å². The minimum absolute atomic E-state index is 0.0255. The molecule has 10 heteroatoms. The fraction of sp³-hybridized carbons (Fsp3) is 0.333. The molecule has 0 aliphatic rings. The van der Waals surface area contributed by atoms with Gasteiger partial charge in [-0.3, -0.25) is 13.9 Å². The summed E-state index contributed by atoms with van der Waals surface area (Å²) in [6.45, 7) is 6.86. The highest BCUT2D eigenvalue weighted by molar-refractivity contribution is 7.92. The minimum Gasteiger partial charge on any atom is -0.352 e. The van der Waals surface area contributed by atoms with Crippen molar-refractivity contribution >= 4 is 50.7 Å². The number of aryl methyl sites for hydroxylation is 2. The topological polar surface area (TPSA) is 86.8 Å². The van der Waals surface area contributed by atoms with E-state index in [4.69, 9.17) is 23.2 Å². The molecule has 214 valence electrons. The monoisotopic (exact) mass is 603 g/mol. The molecule has 0 unspecified atom stereocenters. The van der Waals surface area contributed by atoms with Gasteiger partial charge < -0.3 is 10.2 Å². The van der Waals surface area contributed by atoms with E-state index in [9.17, 15) is 18.0 Å². The highest BCUT2D eigenvalue weighted by Crippen LogP contribution is 2.27. The first-order valence-electron chi connectivity index (χ1n) is 12.9. The Balaban J connectivity index is 2.10. The van der Waals surface area contributed by atoms with Crippen LogP contribution in [-0.2, 0) is 32.6 Å². The van der Waals surface area contributed by atoms with Gasteiger partial charge in [-0.1, -0.05) is 77.3 Å². The Hall–Kier alpha value is -3.07. The van der Waals surface area contributed by atoms with E-state index in [0.29, 0.717) is 26.9 Å². The minimum atomic E-state index is -3.85. The first-order valence-corrected chi connectivity index (χ1v) is 15.5. The van der Waals surface area contributed by atoms with Gasteiger partial charge in [-0.15, -0.1) is 0 Å². The van der Waals surface area contributed by atoms with Crippen molar-refractivity contribution in [1.29, 1.82) is 0 Å². The molecule has 3 aromatic carbocycles. The zero-order valence-corrected chi connectivity index (χ0v) is 25.6. The number of anilines is 1. The molecule has 0 radical (unpaired) electrons. The second-order valence-electron chi connectivity index (χ2n) is 10.2. The summed E-state index contributed by atoms with van der Waals surface area (Å²) in [7, 11) is -3.85. The molecule has 3 aromatic rings. The van der Waals surface area contributed by atoms with Crippen LogP contribution in [0.3, 0.4) is 0 Å². The summed E-state index contributed by atoms with van der Waals surface area (Å²) in [5.41, 5.74) is 3.50. The lowest BCUT2D eigenvalue weighted by Gasteiger charge is -2.34. The number of hydrogen-bond donors (Lipinski definition) is 1. The van der Waals surface area contributed by atoms with Crippen LogP contribution in [0, 0.1) is 13.8 Å². The van der Waals surface area contributed by atoms with Crippen molar-refractivity contribution < 1.29 is 18.0 Å². The van der Waals surface area contributed by atoms with E-state index in [-0.39, 0.29) is 24.9 Å². The third-order valence-electron chi connectivity index (χ3n) is 6.36. The lowest BCUT2D eigenvalue weighted by Crippen LogP contribution is -2.54. The second-order valence-corrected chi connectivity index (χ2v) is 12.9. The van der Waals surface area contributed by atoms with Gasteiger partial charge in [-0.2, -0.15) is 0 Å². The number of halogens is 2. The average molecular weight is 605 g/mol. The average Bonchev–Trinajstić information content (AvgIpc) is 2.85. The van der Waals surface area contributed by atoms with Gasteiger partial charge in [0.25, 0.3) is 0 Å². The van der Waals surface area contributed by atoms with E-state index in [2.05, 4.69) is 5.32 Å². The summed E-state index contributed by atoms with van der Waals surface area (Å²) in [6, 6.07) is 18.5. The Morgan fingerprint density at radius 3 is 2.20 bits per heavy atom. The molecular weight excluding hydrogens is 569 g/mol. The van der Waals surface area contributed by atoms with Crippen LogP contribution < -0.4 is 9.62 Å². The van der Waals surface area contributed by atoms with Crippen molar-refractivity contribution in [1.82, 2.24) is 10.2 Å². The highest BCUT2D eigenvalue weighted by Gasteiger charge is 2.34. The van der Waals surface area contributed by atoms with E-state index in [1.165, 1.54) is 4.90 Å². The normalized spacial score (nSPS) is 12.2.